The molecule has 0 N–H and O–H groups in total. The fourth-order valence-electron chi connectivity index (χ4n) is 10.7. The monoisotopic (exact) mass is 564 g/mol. The SMILES string of the molecule is c1cc2c3c4c5c(cccc5cc3c1)C1c3cccc5cc6cccc7c6c(c35)C4c3c4c(cccc4cc4cccc1c34)C27. The fraction of sp³-hybridized carbons (Fsp3) is 0.0667. The van der Waals surface area contributed by atoms with Crippen LogP contribution in [0.2, 0.25) is 0 Å². The molecule has 9 aromatic carbocycles. The molecule has 6 bridgehead atoms. The van der Waals surface area contributed by atoms with Crippen LogP contribution in [0.15, 0.2) is 127 Å². The highest BCUT2D eigenvalue weighted by Gasteiger charge is 2.43. The second-order valence-electron chi connectivity index (χ2n) is 13.8. The molecule has 9 aromatic rings. The lowest BCUT2D eigenvalue weighted by molar-refractivity contribution is 0.921. The van der Waals surface area contributed by atoms with E-state index < -0.39 is 0 Å². The van der Waals surface area contributed by atoms with Gasteiger partial charge in [-0.3, -0.25) is 0 Å². The number of hydrogen-bond donors (Lipinski definition) is 0. The molecule has 0 nitrogen and oxygen atoms in total. The predicted molar refractivity (Wildman–Crippen MR) is 187 cm³/mol. The highest BCUT2D eigenvalue weighted by Crippen LogP contribution is 2.62. The third-order valence-corrected chi connectivity index (χ3v) is 12.1. The van der Waals surface area contributed by atoms with E-state index in [-0.39, 0.29) is 17.8 Å². The summed E-state index contributed by atoms with van der Waals surface area (Å²) in [7, 11) is 0. The van der Waals surface area contributed by atoms with Crippen LogP contribution in [0.3, 0.4) is 0 Å². The summed E-state index contributed by atoms with van der Waals surface area (Å²) in [4.78, 5) is 0. The van der Waals surface area contributed by atoms with Gasteiger partial charge in [0.15, 0.2) is 0 Å². The first-order chi connectivity index (χ1) is 22.3. The zero-order valence-corrected chi connectivity index (χ0v) is 24.4. The summed E-state index contributed by atoms with van der Waals surface area (Å²) in [6, 6.07) is 50.2. The number of benzene rings is 9. The molecule has 6 aliphatic carbocycles. The molecule has 0 amide bonds. The maximum atomic E-state index is 2.49. The molecule has 0 fully saturated rings. The highest BCUT2D eigenvalue weighted by molar-refractivity contribution is 6.19. The second kappa shape index (κ2) is 7.09. The van der Waals surface area contributed by atoms with Crippen LogP contribution in [-0.4, -0.2) is 0 Å². The zero-order valence-electron chi connectivity index (χ0n) is 24.4. The molecule has 0 radical (unpaired) electrons. The molecule has 45 heavy (non-hydrogen) atoms. The van der Waals surface area contributed by atoms with Gasteiger partial charge in [0, 0.05) is 17.8 Å². The summed E-state index contributed by atoms with van der Waals surface area (Å²) in [6.07, 6.45) is 0. The maximum Gasteiger partial charge on any atom is 0.0377 e. The first kappa shape index (κ1) is 22.1. The topological polar surface area (TPSA) is 0 Å². The molecule has 204 valence electrons. The Kier molecular flexibility index (Phi) is 3.48. The summed E-state index contributed by atoms with van der Waals surface area (Å²) in [5, 5.41) is 17.1. The standard InChI is InChI=1S/C45H24/c1-7-22-19-23-8-2-16-31-35(23)42-34(22)28(13-1)40-29-14-3-9-24-20-26-11-5-17-32-38(26)43(36(24)29)45(42)44-37-25(10-4-15-30(37)40)21-27-12-6-18-33(39(27)44)41(31)32/h1-21,40-41,45H. The van der Waals surface area contributed by atoms with Crippen molar-refractivity contribution in [3.63, 3.8) is 0 Å². The van der Waals surface area contributed by atoms with Crippen LogP contribution < -0.4 is 0 Å². The molecule has 0 spiro atoms. The van der Waals surface area contributed by atoms with E-state index in [9.17, 15) is 0 Å². The Hall–Kier alpha value is -5.46. The molecular weight excluding hydrogens is 540 g/mol. The molecule has 0 atom stereocenters. The molecule has 6 aliphatic rings. The van der Waals surface area contributed by atoms with Gasteiger partial charge in [0.2, 0.25) is 0 Å². The van der Waals surface area contributed by atoms with Crippen LogP contribution in [0.25, 0.3) is 64.6 Å². The Morgan fingerprint density at radius 3 is 0.689 bits per heavy atom. The van der Waals surface area contributed by atoms with Gasteiger partial charge in [-0.2, -0.15) is 0 Å². The molecule has 0 heterocycles. The van der Waals surface area contributed by atoms with Gasteiger partial charge in [-0.25, -0.2) is 0 Å². The summed E-state index contributed by atoms with van der Waals surface area (Å²) >= 11 is 0. The maximum absolute atomic E-state index is 2.49. The van der Waals surface area contributed by atoms with Gasteiger partial charge >= 0.3 is 0 Å². The van der Waals surface area contributed by atoms with Gasteiger partial charge in [0.1, 0.15) is 0 Å². The van der Waals surface area contributed by atoms with E-state index in [1.54, 1.807) is 16.7 Å². The van der Waals surface area contributed by atoms with E-state index in [0.29, 0.717) is 0 Å². The third kappa shape index (κ3) is 2.27. The van der Waals surface area contributed by atoms with Crippen molar-refractivity contribution in [2.75, 3.05) is 0 Å². The van der Waals surface area contributed by atoms with Gasteiger partial charge in [-0.1, -0.05) is 109 Å². The van der Waals surface area contributed by atoms with Crippen LogP contribution in [-0.2, 0) is 0 Å². The van der Waals surface area contributed by atoms with Crippen molar-refractivity contribution in [2.45, 2.75) is 17.8 Å². The second-order valence-corrected chi connectivity index (χ2v) is 13.8. The largest absolute Gasteiger partial charge is 0.0613 e. The van der Waals surface area contributed by atoms with Crippen molar-refractivity contribution in [1.29, 1.82) is 0 Å². The van der Waals surface area contributed by atoms with E-state index in [1.165, 1.54) is 98.0 Å². The molecule has 0 saturated carbocycles. The summed E-state index contributed by atoms with van der Waals surface area (Å²) in [5.74, 6) is 0.363. The Morgan fingerprint density at radius 1 is 0.244 bits per heavy atom. The highest BCUT2D eigenvalue weighted by atomic mass is 14.5. The van der Waals surface area contributed by atoms with Crippen LogP contribution in [0.5, 0.6) is 0 Å². The molecular formula is C45H24. The lowest BCUT2D eigenvalue weighted by atomic mass is 9.60. The number of hydrogen-bond acceptors (Lipinski definition) is 0. The lowest BCUT2D eigenvalue weighted by Gasteiger charge is -2.42. The van der Waals surface area contributed by atoms with Gasteiger partial charge in [-0.05, 0) is 133 Å². The van der Waals surface area contributed by atoms with Crippen molar-refractivity contribution in [2.24, 2.45) is 0 Å². The Bertz CT molecular complexity index is 2430. The van der Waals surface area contributed by atoms with Crippen molar-refractivity contribution in [1.82, 2.24) is 0 Å². The van der Waals surface area contributed by atoms with Crippen molar-refractivity contribution >= 4 is 64.6 Å². The van der Waals surface area contributed by atoms with E-state index in [0.717, 1.165) is 0 Å². The van der Waals surface area contributed by atoms with Gasteiger partial charge in [0.25, 0.3) is 0 Å². The summed E-state index contributed by atoms with van der Waals surface area (Å²) < 4.78 is 0. The Balaban J connectivity index is 1.51. The summed E-state index contributed by atoms with van der Waals surface area (Å²) in [5.41, 5.74) is 13.4. The van der Waals surface area contributed by atoms with Crippen molar-refractivity contribution in [3.8, 4) is 0 Å². The smallest absolute Gasteiger partial charge is 0.0377 e. The fourth-order valence-corrected chi connectivity index (χ4v) is 10.7. The van der Waals surface area contributed by atoms with E-state index in [1.807, 2.05) is 0 Å². The molecule has 15 rings (SSSR count). The van der Waals surface area contributed by atoms with Crippen LogP contribution in [0, 0.1) is 0 Å². The first-order valence-corrected chi connectivity index (χ1v) is 16.3. The lowest BCUT2D eigenvalue weighted by Crippen LogP contribution is -2.23. The Morgan fingerprint density at radius 2 is 0.467 bits per heavy atom. The zero-order chi connectivity index (χ0) is 28.7. The molecule has 0 heteroatoms. The van der Waals surface area contributed by atoms with Crippen molar-refractivity contribution < 1.29 is 0 Å². The minimum absolute atomic E-state index is 0.100. The van der Waals surface area contributed by atoms with Crippen LogP contribution in [0.1, 0.15) is 67.8 Å². The van der Waals surface area contributed by atoms with Gasteiger partial charge < -0.3 is 0 Å². The predicted octanol–water partition coefficient (Wildman–Crippen LogP) is 11.4. The van der Waals surface area contributed by atoms with E-state index >= 15 is 0 Å². The quantitative estimate of drug-likeness (QED) is 0.161. The average molecular weight is 565 g/mol. The van der Waals surface area contributed by atoms with Gasteiger partial charge in [-0.15, -0.1) is 0 Å². The van der Waals surface area contributed by atoms with Crippen LogP contribution >= 0.6 is 0 Å². The van der Waals surface area contributed by atoms with Crippen LogP contribution in [0.4, 0.5) is 0 Å². The molecule has 0 saturated heterocycles. The molecule has 0 unspecified atom stereocenters. The first-order valence-electron chi connectivity index (χ1n) is 16.3. The molecule has 0 aromatic heterocycles. The third-order valence-electron chi connectivity index (χ3n) is 12.1. The molecule has 0 aliphatic heterocycles. The van der Waals surface area contributed by atoms with E-state index in [4.69, 9.17) is 0 Å². The number of rotatable bonds is 0. The average Bonchev–Trinajstić information content (AvgIpc) is 3.04. The summed E-state index contributed by atoms with van der Waals surface area (Å²) in [6.45, 7) is 0. The minimum atomic E-state index is 0.100. The minimum Gasteiger partial charge on any atom is -0.0613 e. The van der Waals surface area contributed by atoms with Crippen molar-refractivity contribution in [3.05, 3.63) is 177 Å². The van der Waals surface area contributed by atoms with E-state index in [2.05, 4.69) is 127 Å². The normalized spacial score (nSPS) is 19.3. The van der Waals surface area contributed by atoms with Gasteiger partial charge in [0.05, 0.1) is 0 Å². The Labute approximate surface area is 259 Å².